The van der Waals surface area contributed by atoms with Crippen LogP contribution in [0.4, 0.5) is 11.4 Å². The molecule has 0 N–H and O–H groups in total. The molecule has 9 heteroatoms. The molecule has 1 aromatic carbocycles. The summed E-state index contributed by atoms with van der Waals surface area (Å²) in [5, 5.41) is 11.2. The summed E-state index contributed by atoms with van der Waals surface area (Å²) in [4.78, 5) is 39.8. The predicted octanol–water partition coefficient (Wildman–Crippen LogP) is 0.738. The largest absolute Gasteiger partial charge is 0.465 e. The minimum Gasteiger partial charge on any atom is -0.465 e. The second kappa shape index (κ2) is 9.14. The number of hydrogen-bond donors (Lipinski definition) is 0. The quantitative estimate of drug-likeness (QED) is 0.400. The lowest BCUT2D eigenvalue weighted by molar-refractivity contribution is -0.384. The Morgan fingerprint density at radius 3 is 2.46 bits per heavy atom. The van der Waals surface area contributed by atoms with Gasteiger partial charge in [0.05, 0.1) is 24.6 Å². The van der Waals surface area contributed by atoms with Crippen molar-refractivity contribution in [2.75, 3.05) is 57.8 Å². The number of esters is 1. The fourth-order valence-electron chi connectivity index (χ4n) is 2.90. The number of nitrogens with zero attached hydrogens (tertiary/aromatic N) is 4. The van der Waals surface area contributed by atoms with Gasteiger partial charge in [-0.15, -0.1) is 0 Å². The van der Waals surface area contributed by atoms with Gasteiger partial charge in [-0.3, -0.25) is 24.6 Å². The summed E-state index contributed by atoms with van der Waals surface area (Å²) < 4.78 is 4.87. The minimum atomic E-state index is -0.392. The molecule has 1 saturated heterocycles. The molecule has 1 aliphatic heterocycles. The van der Waals surface area contributed by atoms with E-state index in [2.05, 4.69) is 0 Å². The highest BCUT2D eigenvalue weighted by Crippen LogP contribution is 2.28. The van der Waals surface area contributed by atoms with Crippen molar-refractivity contribution < 1.29 is 19.2 Å². The second-order valence-corrected chi connectivity index (χ2v) is 6.09. The molecule has 26 heavy (non-hydrogen) atoms. The van der Waals surface area contributed by atoms with Crippen molar-refractivity contribution in [1.29, 1.82) is 0 Å². The van der Waals surface area contributed by atoms with E-state index in [0.29, 0.717) is 38.5 Å². The molecule has 1 aliphatic rings. The average Bonchev–Trinajstić information content (AvgIpc) is 2.61. The fraction of sp³-hybridized carbons (Fsp3) is 0.529. The zero-order valence-electron chi connectivity index (χ0n) is 15.1. The van der Waals surface area contributed by atoms with Gasteiger partial charge < -0.3 is 14.5 Å². The molecule has 0 aromatic heterocycles. The monoisotopic (exact) mass is 364 g/mol. The highest BCUT2D eigenvalue weighted by atomic mass is 16.6. The van der Waals surface area contributed by atoms with Crippen molar-refractivity contribution in [3.63, 3.8) is 0 Å². The first-order valence-electron chi connectivity index (χ1n) is 8.52. The van der Waals surface area contributed by atoms with Crippen LogP contribution < -0.4 is 4.90 Å². The molecular formula is C17H24N4O5. The Bertz CT molecular complexity index is 658. The van der Waals surface area contributed by atoms with Gasteiger partial charge >= 0.3 is 5.97 Å². The molecular weight excluding hydrogens is 340 g/mol. The van der Waals surface area contributed by atoms with Crippen molar-refractivity contribution in [2.45, 2.75) is 6.92 Å². The van der Waals surface area contributed by atoms with Gasteiger partial charge in [0, 0.05) is 32.2 Å². The Hall–Kier alpha value is -2.68. The van der Waals surface area contributed by atoms with E-state index >= 15 is 0 Å². The van der Waals surface area contributed by atoms with E-state index in [1.165, 1.54) is 6.07 Å². The van der Waals surface area contributed by atoms with Crippen molar-refractivity contribution in [3.05, 3.63) is 34.4 Å². The maximum Gasteiger partial charge on any atom is 0.320 e. The molecule has 0 spiro atoms. The number of carbonyl (C=O) groups is 2. The number of likely N-dealkylation sites (N-methyl/N-ethyl adjacent to an activating group) is 1. The van der Waals surface area contributed by atoms with Gasteiger partial charge in [0.1, 0.15) is 5.69 Å². The number of ether oxygens (including phenoxy) is 1. The lowest BCUT2D eigenvalue weighted by Gasteiger charge is -2.36. The van der Waals surface area contributed by atoms with Gasteiger partial charge in [0.25, 0.3) is 5.69 Å². The van der Waals surface area contributed by atoms with Crippen molar-refractivity contribution in [1.82, 2.24) is 9.80 Å². The summed E-state index contributed by atoms with van der Waals surface area (Å²) >= 11 is 0. The highest BCUT2D eigenvalue weighted by Gasteiger charge is 2.26. The second-order valence-electron chi connectivity index (χ2n) is 6.09. The molecule has 1 amide bonds. The van der Waals surface area contributed by atoms with Gasteiger partial charge in [-0.05, 0) is 20.0 Å². The maximum absolute atomic E-state index is 12.4. The molecule has 9 nitrogen and oxygen atoms in total. The number of para-hydroxylation sites is 2. The molecule has 142 valence electrons. The van der Waals surface area contributed by atoms with Crippen LogP contribution in [-0.2, 0) is 14.3 Å². The number of benzene rings is 1. The highest BCUT2D eigenvalue weighted by molar-refractivity contribution is 5.80. The first-order chi connectivity index (χ1) is 12.4. The molecule has 0 atom stereocenters. The van der Waals surface area contributed by atoms with Crippen molar-refractivity contribution in [2.24, 2.45) is 0 Å². The van der Waals surface area contributed by atoms with Crippen molar-refractivity contribution >= 4 is 23.3 Å². The summed E-state index contributed by atoms with van der Waals surface area (Å²) in [6.07, 6.45) is 0. The maximum atomic E-state index is 12.4. The van der Waals surface area contributed by atoms with Crippen LogP contribution in [0.15, 0.2) is 24.3 Å². The number of anilines is 1. The van der Waals surface area contributed by atoms with E-state index in [4.69, 9.17) is 4.74 Å². The number of rotatable bonds is 7. The Morgan fingerprint density at radius 2 is 1.85 bits per heavy atom. The number of amides is 1. The molecule has 0 saturated carbocycles. The first-order valence-corrected chi connectivity index (χ1v) is 8.52. The lowest BCUT2D eigenvalue weighted by Crippen LogP contribution is -2.51. The molecule has 1 aromatic rings. The van der Waals surface area contributed by atoms with Crippen LogP contribution in [0.5, 0.6) is 0 Å². The molecule has 0 unspecified atom stereocenters. The lowest BCUT2D eigenvalue weighted by atomic mass is 10.2. The predicted molar refractivity (Wildman–Crippen MR) is 96.0 cm³/mol. The van der Waals surface area contributed by atoms with Crippen LogP contribution in [0.25, 0.3) is 0 Å². The molecule has 1 heterocycles. The number of nitro benzene ring substituents is 1. The van der Waals surface area contributed by atoms with Crippen LogP contribution in [-0.4, -0.2) is 79.5 Å². The standard InChI is InChI=1S/C17H24N4O5/c1-3-26-17(23)13-18(2)12-16(22)20-10-8-19(9-11-20)14-6-4-5-7-15(14)21(24)25/h4-7H,3,8-13H2,1-2H3. The first kappa shape index (κ1) is 19.6. The topological polar surface area (TPSA) is 96.2 Å². The number of carbonyl (C=O) groups excluding carboxylic acids is 2. The van der Waals surface area contributed by atoms with Gasteiger partial charge in [0.15, 0.2) is 0 Å². The van der Waals surface area contributed by atoms with Gasteiger partial charge in [-0.1, -0.05) is 12.1 Å². The summed E-state index contributed by atoms with van der Waals surface area (Å²) in [5.74, 6) is -0.428. The minimum absolute atomic E-state index is 0.0652. The Labute approximate surface area is 152 Å². The van der Waals surface area contributed by atoms with Crippen LogP contribution in [0.3, 0.4) is 0 Å². The molecule has 1 fully saturated rings. The van der Waals surface area contributed by atoms with E-state index in [1.54, 1.807) is 42.0 Å². The summed E-state index contributed by atoms with van der Waals surface area (Å²) in [6, 6.07) is 6.62. The van der Waals surface area contributed by atoms with Crippen LogP contribution in [0.1, 0.15) is 6.92 Å². The van der Waals surface area contributed by atoms with Gasteiger partial charge in [0.2, 0.25) is 5.91 Å². The van der Waals surface area contributed by atoms with Gasteiger partial charge in [-0.25, -0.2) is 0 Å². The van der Waals surface area contributed by atoms with E-state index in [-0.39, 0.29) is 30.7 Å². The fourth-order valence-corrected chi connectivity index (χ4v) is 2.90. The van der Waals surface area contributed by atoms with E-state index in [1.807, 2.05) is 4.90 Å². The Balaban J connectivity index is 1.87. The third-order valence-electron chi connectivity index (χ3n) is 4.16. The number of nitro groups is 1. The average molecular weight is 364 g/mol. The van der Waals surface area contributed by atoms with Crippen LogP contribution in [0, 0.1) is 10.1 Å². The van der Waals surface area contributed by atoms with Crippen LogP contribution >= 0.6 is 0 Å². The molecule has 0 radical (unpaired) electrons. The summed E-state index contributed by atoms with van der Waals surface area (Å²) in [5.41, 5.74) is 0.644. The Kier molecular flexibility index (Phi) is 6.90. The summed E-state index contributed by atoms with van der Waals surface area (Å²) in [6.45, 7) is 4.26. The third kappa shape index (κ3) is 5.16. The van der Waals surface area contributed by atoms with E-state index in [0.717, 1.165) is 0 Å². The smallest absolute Gasteiger partial charge is 0.320 e. The molecule has 2 rings (SSSR count). The van der Waals surface area contributed by atoms with Crippen LogP contribution in [0.2, 0.25) is 0 Å². The van der Waals surface area contributed by atoms with E-state index in [9.17, 15) is 19.7 Å². The van der Waals surface area contributed by atoms with Crippen molar-refractivity contribution in [3.8, 4) is 0 Å². The number of hydrogen-bond acceptors (Lipinski definition) is 7. The third-order valence-corrected chi connectivity index (χ3v) is 4.16. The SMILES string of the molecule is CCOC(=O)CN(C)CC(=O)N1CCN(c2ccccc2[N+](=O)[O-])CC1. The molecule has 0 aliphatic carbocycles. The van der Waals surface area contributed by atoms with E-state index < -0.39 is 4.92 Å². The normalized spacial score (nSPS) is 14.4. The van der Waals surface area contributed by atoms with Gasteiger partial charge in [-0.2, -0.15) is 0 Å². The molecule has 0 bridgehead atoms. The summed E-state index contributed by atoms with van der Waals surface area (Å²) in [7, 11) is 1.69. The zero-order chi connectivity index (χ0) is 19.1. The number of piperazine rings is 1. The zero-order valence-corrected chi connectivity index (χ0v) is 15.1. The Morgan fingerprint density at radius 1 is 1.19 bits per heavy atom.